The van der Waals surface area contributed by atoms with Crippen molar-refractivity contribution in [3.63, 3.8) is 0 Å². The van der Waals surface area contributed by atoms with Crippen molar-refractivity contribution in [1.29, 1.82) is 0 Å². The number of piperidine rings is 1. The maximum Gasteiger partial charge on any atom is 0.302 e. The standard InChI is InChI=1S/C31H35FN2O3/c1-22(35)37-18-15-26-20-34(31(36)30-8-4-6-25-5-2-3-7-29(25)30)21-27(26)19-33-16-13-24(14-17-33)23-9-11-28(32)12-10-23/h2-12,24,26-27H,13-21H2,1H3. The van der Waals surface area contributed by atoms with Gasteiger partial charge in [0, 0.05) is 32.1 Å². The highest BCUT2D eigenvalue weighted by Gasteiger charge is 2.37. The van der Waals surface area contributed by atoms with Crippen LogP contribution in [0.25, 0.3) is 10.8 Å². The molecule has 0 N–H and O–H groups in total. The van der Waals surface area contributed by atoms with Crippen LogP contribution in [0.1, 0.15) is 48.0 Å². The third kappa shape index (κ3) is 6.02. The summed E-state index contributed by atoms with van der Waals surface area (Å²) >= 11 is 0. The lowest BCUT2D eigenvalue weighted by Gasteiger charge is -2.34. The van der Waals surface area contributed by atoms with Gasteiger partial charge in [0.15, 0.2) is 0 Å². The van der Waals surface area contributed by atoms with Crippen LogP contribution in [0.2, 0.25) is 0 Å². The molecular weight excluding hydrogens is 467 g/mol. The fourth-order valence-electron chi connectivity index (χ4n) is 6.09. The monoisotopic (exact) mass is 502 g/mol. The molecule has 5 nitrogen and oxygen atoms in total. The highest BCUT2D eigenvalue weighted by molar-refractivity contribution is 6.07. The Morgan fingerprint density at radius 3 is 2.38 bits per heavy atom. The third-order valence-corrected chi connectivity index (χ3v) is 8.10. The van der Waals surface area contributed by atoms with Gasteiger partial charge in [0.2, 0.25) is 0 Å². The first-order valence-electron chi connectivity index (χ1n) is 13.4. The number of ether oxygens (including phenoxy) is 1. The zero-order chi connectivity index (χ0) is 25.8. The Labute approximate surface area is 218 Å². The van der Waals surface area contributed by atoms with Crippen LogP contribution in [-0.2, 0) is 9.53 Å². The first-order chi connectivity index (χ1) is 18.0. The molecule has 2 unspecified atom stereocenters. The fraction of sp³-hybridized carbons (Fsp3) is 0.419. The van der Waals surface area contributed by atoms with E-state index in [1.54, 1.807) is 12.1 Å². The molecule has 5 rings (SSSR count). The minimum absolute atomic E-state index is 0.0757. The molecule has 37 heavy (non-hydrogen) atoms. The van der Waals surface area contributed by atoms with E-state index in [0.717, 1.165) is 55.2 Å². The molecule has 3 aromatic carbocycles. The Morgan fingerprint density at radius 2 is 1.62 bits per heavy atom. The van der Waals surface area contributed by atoms with E-state index in [1.165, 1.54) is 12.5 Å². The molecule has 3 aromatic rings. The number of likely N-dealkylation sites (tertiary alicyclic amines) is 2. The first-order valence-corrected chi connectivity index (χ1v) is 13.4. The van der Waals surface area contributed by atoms with Crippen LogP contribution in [0.4, 0.5) is 4.39 Å². The van der Waals surface area contributed by atoms with E-state index in [-0.39, 0.29) is 23.6 Å². The highest BCUT2D eigenvalue weighted by Crippen LogP contribution is 2.33. The van der Waals surface area contributed by atoms with Gasteiger partial charge >= 0.3 is 5.97 Å². The van der Waals surface area contributed by atoms with E-state index in [4.69, 9.17) is 4.74 Å². The van der Waals surface area contributed by atoms with Crippen LogP contribution < -0.4 is 0 Å². The number of nitrogens with zero attached hydrogens (tertiary/aromatic N) is 2. The Kier molecular flexibility index (Phi) is 7.85. The molecule has 2 heterocycles. The fourth-order valence-corrected chi connectivity index (χ4v) is 6.09. The molecule has 2 fully saturated rings. The average molecular weight is 503 g/mol. The second-order valence-corrected chi connectivity index (χ2v) is 10.5. The summed E-state index contributed by atoms with van der Waals surface area (Å²) in [5.41, 5.74) is 1.96. The number of carbonyl (C=O) groups is 2. The van der Waals surface area contributed by atoms with Crippen molar-refractivity contribution in [3.8, 4) is 0 Å². The topological polar surface area (TPSA) is 49.9 Å². The Hall–Kier alpha value is -3.25. The van der Waals surface area contributed by atoms with Crippen LogP contribution in [-0.4, -0.2) is 61.0 Å². The molecule has 194 valence electrons. The molecule has 0 aromatic heterocycles. The summed E-state index contributed by atoms with van der Waals surface area (Å²) in [5, 5.41) is 2.05. The normalized spacial score (nSPS) is 20.9. The molecule has 2 aliphatic heterocycles. The zero-order valence-electron chi connectivity index (χ0n) is 21.4. The number of fused-ring (bicyclic) bond motifs is 1. The summed E-state index contributed by atoms with van der Waals surface area (Å²) in [7, 11) is 0. The summed E-state index contributed by atoms with van der Waals surface area (Å²) < 4.78 is 18.6. The third-order valence-electron chi connectivity index (χ3n) is 8.10. The lowest BCUT2D eigenvalue weighted by molar-refractivity contribution is -0.141. The van der Waals surface area contributed by atoms with Gasteiger partial charge in [0.05, 0.1) is 6.61 Å². The van der Waals surface area contributed by atoms with Crippen LogP contribution >= 0.6 is 0 Å². The van der Waals surface area contributed by atoms with E-state index in [1.807, 2.05) is 59.5 Å². The van der Waals surface area contributed by atoms with Gasteiger partial charge in [-0.05, 0) is 84.6 Å². The van der Waals surface area contributed by atoms with Crippen molar-refractivity contribution in [2.45, 2.75) is 32.1 Å². The largest absolute Gasteiger partial charge is 0.466 e. The number of halogens is 1. The van der Waals surface area contributed by atoms with Gasteiger partial charge in [-0.1, -0.05) is 48.5 Å². The minimum Gasteiger partial charge on any atom is -0.466 e. The number of hydrogen-bond donors (Lipinski definition) is 0. The number of esters is 1. The first kappa shape index (κ1) is 25.4. The van der Waals surface area contributed by atoms with Crippen molar-refractivity contribution >= 4 is 22.6 Å². The minimum atomic E-state index is -0.263. The Balaban J connectivity index is 1.25. The van der Waals surface area contributed by atoms with Gasteiger partial charge in [-0.3, -0.25) is 9.59 Å². The van der Waals surface area contributed by atoms with Crippen molar-refractivity contribution in [2.24, 2.45) is 11.8 Å². The smallest absolute Gasteiger partial charge is 0.302 e. The quantitative estimate of drug-likeness (QED) is 0.401. The average Bonchev–Trinajstić information content (AvgIpc) is 3.31. The zero-order valence-corrected chi connectivity index (χ0v) is 21.4. The van der Waals surface area contributed by atoms with Crippen molar-refractivity contribution in [2.75, 3.05) is 39.3 Å². The maximum absolute atomic E-state index is 13.7. The van der Waals surface area contributed by atoms with Gasteiger partial charge in [0.25, 0.3) is 5.91 Å². The molecule has 2 aliphatic rings. The summed E-state index contributed by atoms with van der Waals surface area (Å²) in [6.07, 6.45) is 2.86. The van der Waals surface area contributed by atoms with E-state index >= 15 is 0 Å². The highest BCUT2D eigenvalue weighted by atomic mass is 19.1. The van der Waals surface area contributed by atoms with Crippen molar-refractivity contribution < 1.29 is 18.7 Å². The number of rotatable bonds is 7. The van der Waals surface area contributed by atoms with E-state index < -0.39 is 0 Å². The second kappa shape index (κ2) is 11.4. The molecule has 0 bridgehead atoms. The van der Waals surface area contributed by atoms with Crippen molar-refractivity contribution in [1.82, 2.24) is 9.80 Å². The maximum atomic E-state index is 13.7. The molecule has 0 radical (unpaired) electrons. The molecule has 6 heteroatoms. The van der Waals surface area contributed by atoms with E-state index in [2.05, 4.69) is 4.90 Å². The van der Waals surface area contributed by atoms with Crippen LogP contribution in [0, 0.1) is 17.7 Å². The lowest BCUT2D eigenvalue weighted by atomic mass is 9.88. The summed E-state index contributed by atoms with van der Waals surface area (Å²) in [5.74, 6) is 0.701. The van der Waals surface area contributed by atoms with Gasteiger partial charge in [-0.15, -0.1) is 0 Å². The molecule has 0 aliphatic carbocycles. The predicted octanol–water partition coefficient (Wildman–Crippen LogP) is 5.50. The molecule has 2 atom stereocenters. The second-order valence-electron chi connectivity index (χ2n) is 10.5. The number of amides is 1. The SMILES string of the molecule is CC(=O)OCCC1CN(C(=O)c2cccc3ccccc23)CC1CN1CCC(c2ccc(F)cc2)CC1. The number of hydrogen-bond acceptors (Lipinski definition) is 4. The van der Waals surface area contributed by atoms with Gasteiger partial charge in [-0.25, -0.2) is 4.39 Å². The predicted molar refractivity (Wildman–Crippen MR) is 143 cm³/mol. The van der Waals surface area contributed by atoms with Crippen LogP contribution in [0.15, 0.2) is 66.7 Å². The molecule has 0 saturated carbocycles. The number of carbonyl (C=O) groups excluding carboxylic acids is 2. The molecule has 1 amide bonds. The lowest BCUT2D eigenvalue weighted by Crippen LogP contribution is -2.39. The van der Waals surface area contributed by atoms with Crippen molar-refractivity contribution in [3.05, 3.63) is 83.7 Å². The molecule has 0 spiro atoms. The van der Waals surface area contributed by atoms with Crippen LogP contribution in [0.5, 0.6) is 0 Å². The molecular formula is C31H35FN2O3. The van der Waals surface area contributed by atoms with Gasteiger partial charge in [0.1, 0.15) is 5.82 Å². The summed E-state index contributed by atoms with van der Waals surface area (Å²) in [4.78, 5) is 29.5. The number of benzene rings is 3. The summed E-state index contributed by atoms with van der Waals surface area (Å²) in [6, 6.07) is 20.9. The Bertz CT molecular complexity index is 1230. The Morgan fingerprint density at radius 1 is 0.919 bits per heavy atom. The van der Waals surface area contributed by atoms with Gasteiger partial charge in [-0.2, -0.15) is 0 Å². The van der Waals surface area contributed by atoms with E-state index in [9.17, 15) is 14.0 Å². The molecule has 2 saturated heterocycles. The van der Waals surface area contributed by atoms with E-state index in [0.29, 0.717) is 31.5 Å². The summed E-state index contributed by atoms with van der Waals surface area (Å²) in [6.45, 7) is 6.14. The van der Waals surface area contributed by atoms with Gasteiger partial charge < -0.3 is 14.5 Å². The van der Waals surface area contributed by atoms with Crippen LogP contribution in [0.3, 0.4) is 0 Å².